The van der Waals surface area contributed by atoms with Gasteiger partial charge in [-0.1, -0.05) is 36.4 Å². The van der Waals surface area contributed by atoms with E-state index in [9.17, 15) is 9.59 Å². The van der Waals surface area contributed by atoms with Crippen LogP contribution >= 0.6 is 0 Å². The molecule has 3 rings (SSSR count). The highest BCUT2D eigenvalue weighted by Crippen LogP contribution is 2.41. The molecule has 24 heavy (non-hydrogen) atoms. The first kappa shape index (κ1) is 15.9. The Labute approximate surface area is 139 Å². The molecule has 0 aliphatic carbocycles. The van der Waals surface area contributed by atoms with Gasteiger partial charge in [-0.25, -0.2) is 9.59 Å². The smallest absolute Gasteiger partial charge is 0.435 e. The molecule has 1 heterocycles. The Balaban J connectivity index is 2.12. The lowest BCUT2D eigenvalue weighted by atomic mass is 10.0. The molecule has 0 fully saturated rings. The second kappa shape index (κ2) is 6.62. The Kier molecular flexibility index (Phi) is 4.37. The minimum atomic E-state index is -0.734. The zero-order chi connectivity index (χ0) is 17.1. The normalized spacial score (nSPS) is 15.7. The summed E-state index contributed by atoms with van der Waals surface area (Å²) in [6.07, 6.45) is -0.872. The van der Waals surface area contributed by atoms with Crippen LogP contribution in [0.15, 0.2) is 48.5 Å². The number of anilines is 2. The van der Waals surface area contributed by atoms with Crippen LogP contribution in [0.25, 0.3) is 0 Å². The number of para-hydroxylation sites is 2. The Morgan fingerprint density at radius 3 is 2.50 bits per heavy atom. The molecule has 1 atom stereocenters. The number of hydrogen-bond donors (Lipinski definition) is 1. The molecular weight excluding hydrogens is 308 g/mol. The molecule has 6 nitrogen and oxygen atoms in total. The van der Waals surface area contributed by atoms with Gasteiger partial charge in [-0.3, -0.25) is 4.90 Å². The summed E-state index contributed by atoms with van der Waals surface area (Å²) in [5.74, 6) is 0. The van der Waals surface area contributed by atoms with Crippen molar-refractivity contribution in [1.82, 2.24) is 0 Å². The molecule has 0 spiro atoms. The molecule has 0 unspecified atom stereocenters. The number of nitrogens with zero attached hydrogens (tertiary/aromatic N) is 1. The maximum Gasteiger partial charge on any atom is 0.508 e. The highest BCUT2D eigenvalue weighted by Gasteiger charge is 2.31. The third kappa shape index (κ3) is 2.90. The van der Waals surface area contributed by atoms with Crippen LogP contribution < -0.4 is 10.6 Å². The van der Waals surface area contributed by atoms with Gasteiger partial charge in [-0.15, -0.1) is 0 Å². The van der Waals surface area contributed by atoms with Gasteiger partial charge in [0.25, 0.3) is 0 Å². The molecule has 2 amide bonds. The molecule has 0 bridgehead atoms. The highest BCUT2D eigenvalue weighted by molar-refractivity contribution is 6.00. The van der Waals surface area contributed by atoms with Gasteiger partial charge in [0.1, 0.15) is 6.10 Å². The highest BCUT2D eigenvalue weighted by atomic mass is 16.7. The van der Waals surface area contributed by atoms with E-state index in [-0.39, 0.29) is 6.61 Å². The van der Waals surface area contributed by atoms with Crippen molar-refractivity contribution in [2.75, 3.05) is 11.5 Å². The van der Waals surface area contributed by atoms with Crippen molar-refractivity contribution in [2.24, 2.45) is 5.73 Å². The summed E-state index contributed by atoms with van der Waals surface area (Å²) in [7, 11) is 0. The van der Waals surface area contributed by atoms with E-state index in [4.69, 9.17) is 15.2 Å². The minimum Gasteiger partial charge on any atom is -0.435 e. The fraction of sp³-hybridized carbons (Fsp3) is 0.222. The average molecular weight is 326 g/mol. The van der Waals surface area contributed by atoms with Crippen LogP contribution in [0.4, 0.5) is 21.0 Å². The Bertz CT molecular complexity index is 775. The van der Waals surface area contributed by atoms with E-state index in [0.717, 1.165) is 5.56 Å². The van der Waals surface area contributed by atoms with Crippen molar-refractivity contribution in [1.29, 1.82) is 0 Å². The third-order valence-electron chi connectivity index (χ3n) is 3.88. The Morgan fingerprint density at radius 1 is 1.12 bits per heavy atom. The van der Waals surface area contributed by atoms with Crippen molar-refractivity contribution in [3.63, 3.8) is 0 Å². The second-order valence-corrected chi connectivity index (χ2v) is 5.35. The molecule has 124 valence electrons. The summed E-state index contributed by atoms with van der Waals surface area (Å²) in [5.41, 5.74) is 8.48. The third-order valence-corrected chi connectivity index (χ3v) is 3.88. The summed E-state index contributed by atoms with van der Waals surface area (Å²) in [5, 5.41) is 0. The topological polar surface area (TPSA) is 81.9 Å². The van der Waals surface area contributed by atoms with Crippen LogP contribution in [0, 0.1) is 0 Å². The predicted octanol–water partition coefficient (Wildman–Crippen LogP) is 3.67. The molecule has 0 radical (unpaired) electrons. The number of ether oxygens (including phenoxy) is 2. The van der Waals surface area contributed by atoms with Gasteiger partial charge in [-0.2, -0.15) is 0 Å². The summed E-state index contributed by atoms with van der Waals surface area (Å²) in [6.45, 7) is 1.95. The summed E-state index contributed by atoms with van der Waals surface area (Å²) < 4.78 is 10.4. The number of urea groups is 1. The van der Waals surface area contributed by atoms with Crippen LogP contribution in [0.2, 0.25) is 0 Å². The monoisotopic (exact) mass is 326 g/mol. The fourth-order valence-corrected chi connectivity index (χ4v) is 2.92. The van der Waals surface area contributed by atoms with Crippen LogP contribution in [-0.2, 0) is 15.9 Å². The number of amides is 2. The van der Waals surface area contributed by atoms with Crippen molar-refractivity contribution in [3.8, 4) is 0 Å². The standard InChI is InChI=1S/C18H18N2O4/c1-2-23-18(22)24-16-11-12-7-3-5-9-14(12)20(17(19)21)15-10-6-4-8-13(15)16/h3-10,16H,2,11H2,1H3,(H2,19,21)/t16-/m1/s1. The maximum atomic E-state index is 12.1. The summed E-state index contributed by atoms with van der Waals surface area (Å²) in [4.78, 5) is 25.3. The van der Waals surface area contributed by atoms with Gasteiger partial charge in [0.15, 0.2) is 0 Å². The van der Waals surface area contributed by atoms with Gasteiger partial charge >= 0.3 is 12.2 Å². The predicted molar refractivity (Wildman–Crippen MR) is 89.2 cm³/mol. The molecule has 0 saturated heterocycles. The van der Waals surface area contributed by atoms with E-state index in [1.54, 1.807) is 13.0 Å². The van der Waals surface area contributed by atoms with Crippen molar-refractivity contribution in [2.45, 2.75) is 19.4 Å². The summed E-state index contributed by atoms with van der Waals surface area (Å²) >= 11 is 0. The molecule has 1 aliphatic rings. The summed E-state index contributed by atoms with van der Waals surface area (Å²) in [6, 6.07) is 14.1. The molecular formula is C18H18N2O4. The number of nitrogens with two attached hydrogens (primary N) is 1. The Morgan fingerprint density at radius 2 is 1.79 bits per heavy atom. The Hall–Kier alpha value is -3.02. The first-order valence-corrected chi connectivity index (χ1v) is 7.71. The van der Waals surface area contributed by atoms with Crippen molar-refractivity contribution < 1.29 is 19.1 Å². The molecule has 0 saturated carbocycles. The lowest BCUT2D eigenvalue weighted by Gasteiger charge is -2.23. The largest absolute Gasteiger partial charge is 0.508 e. The number of fused-ring (bicyclic) bond motifs is 2. The number of primary amides is 1. The van der Waals surface area contributed by atoms with Gasteiger partial charge in [0.05, 0.1) is 18.0 Å². The van der Waals surface area contributed by atoms with Gasteiger partial charge < -0.3 is 15.2 Å². The average Bonchev–Trinajstić information content (AvgIpc) is 2.69. The lowest BCUT2D eigenvalue weighted by molar-refractivity contribution is 0.0261. The number of carbonyl (C=O) groups is 2. The SMILES string of the molecule is CCOC(=O)O[C@@H]1Cc2ccccc2N(C(N)=O)c2ccccc21. The van der Waals surface area contributed by atoms with Crippen LogP contribution in [0.3, 0.4) is 0 Å². The van der Waals surface area contributed by atoms with E-state index in [2.05, 4.69) is 0 Å². The maximum absolute atomic E-state index is 12.1. The van der Waals surface area contributed by atoms with Gasteiger partial charge in [-0.05, 0) is 24.6 Å². The minimum absolute atomic E-state index is 0.233. The van der Waals surface area contributed by atoms with Crippen LogP contribution in [0.1, 0.15) is 24.2 Å². The number of carbonyl (C=O) groups excluding carboxylic acids is 2. The zero-order valence-corrected chi connectivity index (χ0v) is 13.3. The van der Waals surface area contributed by atoms with E-state index >= 15 is 0 Å². The molecule has 2 N–H and O–H groups in total. The van der Waals surface area contributed by atoms with Crippen molar-refractivity contribution >= 4 is 23.6 Å². The van der Waals surface area contributed by atoms with Gasteiger partial charge in [0, 0.05) is 12.0 Å². The molecule has 0 aromatic heterocycles. The number of benzene rings is 2. The quantitative estimate of drug-likeness (QED) is 0.854. The van der Waals surface area contributed by atoms with Crippen molar-refractivity contribution in [3.05, 3.63) is 59.7 Å². The molecule has 6 heteroatoms. The van der Waals surface area contributed by atoms with Crippen LogP contribution in [-0.4, -0.2) is 18.8 Å². The van der Waals surface area contributed by atoms with Crippen LogP contribution in [0.5, 0.6) is 0 Å². The number of rotatable bonds is 2. The molecule has 2 aromatic carbocycles. The first-order chi connectivity index (χ1) is 11.6. The molecule has 1 aliphatic heterocycles. The fourth-order valence-electron chi connectivity index (χ4n) is 2.92. The van der Waals surface area contributed by atoms with E-state index < -0.39 is 18.3 Å². The second-order valence-electron chi connectivity index (χ2n) is 5.35. The van der Waals surface area contributed by atoms with E-state index in [1.165, 1.54) is 4.90 Å². The van der Waals surface area contributed by atoms with E-state index in [1.807, 2.05) is 42.5 Å². The van der Waals surface area contributed by atoms with E-state index in [0.29, 0.717) is 23.4 Å². The first-order valence-electron chi connectivity index (χ1n) is 7.71. The molecule has 2 aromatic rings. The zero-order valence-electron chi connectivity index (χ0n) is 13.3. The lowest BCUT2D eigenvalue weighted by Crippen LogP contribution is -2.32. The number of hydrogen-bond acceptors (Lipinski definition) is 4. The van der Waals surface area contributed by atoms with Gasteiger partial charge in [0.2, 0.25) is 0 Å².